The summed E-state index contributed by atoms with van der Waals surface area (Å²) in [5.74, 6) is 0.740. The third-order valence-electron chi connectivity index (χ3n) is 2.87. The highest BCUT2D eigenvalue weighted by Gasteiger charge is 2.05. The molecule has 0 aliphatic heterocycles. The number of rotatable bonds is 3. The number of nitriles is 1. The Morgan fingerprint density at radius 1 is 1.11 bits per heavy atom. The van der Waals surface area contributed by atoms with E-state index >= 15 is 0 Å². The molecule has 0 amide bonds. The highest BCUT2D eigenvalue weighted by atomic mass is 32.2. The van der Waals surface area contributed by atoms with Gasteiger partial charge in [0.2, 0.25) is 0 Å². The lowest BCUT2D eigenvalue weighted by Crippen LogP contribution is -1.87. The van der Waals surface area contributed by atoms with Crippen molar-refractivity contribution in [1.82, 2.24) is 9.97 Å². The summed E-state index contributed by atoms with van der Waals surface area (Å²) in [6.45, 7) is 0. The molecule has 0 bridgehead atoms. The maximum Gasteiger partial charge on any atom is 0.166 e. The van der Waals surface area contributed by atoms with Gasteiger partial charge < -0.3 is 4.98 Å². The quantitative estimate of drug-likeness (QED) is 0.734. The van der Waals surface area contributed by atoms with Crippen molar-refractivity contribution in [2.24, 2.45) is 0 Å². The van der Waals surface area contributed by atoms with Gasteiger partial charge in [-0.1, -0.05) is 42.1 Å². The molecule has 92 valence electrons. The van der Waals surface area contributed by atoms with Gasteiger partial charge in [-0.15, -0.1) is 0 Å². The van der Waals surface area contributed by atoms with E-state index in [9.17, 15) is 0 Å². The number of benzene rings is 2. The lowest BCUT2D eigenvalue weighted by molar-refractivity contribution is 1.08. The number of thioether (sulfide) groups is 1. The van der Waals surface area contributed by atoms with E-state index in [4.69, 9.17) is 5.26 Å². The number of nitrogens with one attached hydrogen (secondary N) is 1. The van der Waals surface area contributed by atoms with Gasteiger partial charge in [-0.3, -0.25) is 0 Å². The smallest absolute Gasteiger partial charge is 0.166 e. The van der Waals surface area contributed by atoms with Gasteiger partial charge in [-0.2, -0.15) is 5.26 Å². The number of para-hydroxylation sites is 2. The Balaban J connectivity index is 1.81. The van der Waals surface area contributed by atoms with Crippen molar-refractivity contribution in [3.8, 4) is 6.07 Å². The molecule has 0 aliphatic rings. The molecule has 0 atom stereocenters. The number of aromatic amines is 1. The molecule has 3 aromatic rings. The lowest BCUT2D eigenvalue weighted by Gasteiger charge is -2.01. The summed E-state index contributed by atoms with van der Waals surface area (Å²) in [6, 6.07) is 17.8. The Labute approximate surface area is 115 Å². The molecule has 3 rings (SSSR count). The van der Waals surface area contributed by atoms with Gasteiger partial charge in [0.25, 0.3) is 0 Å². The zero-order valence-corrected chi connectivity index (χ0v) is 10.9. The second-order valence-corrected chi connectivity index (χ2v) is 5.08. The van der Waals surface area contributed by atoms with Crippen LogP contribution in [0.4, 0.5) is 0 Å². The molecule has 1 N–H and O–H groups in total. The molecule has 0 spiro atoms. The second kappa shape index (κ2) is 5.17. The van der Waals surface area contributed by atoms with Gasteiger partial charge in [0, 0.05) is 5.75 Å². The topological polar surface area (TPSA) is 52.5 Å². The SMILES string of the molecule is N#Cc1ccccc1CSc1nc2ccccc2[nH]1. The van der Waals surface area contributed by atoms with Crippen molar-refractivity contribution >= 4 is 22.8 Å². The van der Waals surface area contributed by atoms with Gasteiger partial charge in [0.05, 0.1) is 22.7 Å². The minimum Gasteiger partial charge on any atom is -0.333 e. The molecule has 3 nitrogen and oxygen atoms in total. The van der Waals surface area contributed by atoms with E-state index in [1.165, 1.54) is 0 Å². The van der Waals surface area contributed by atoms with Gasteiger partial charge in [-0.25, -0.2) is 4.98 Å². The van der Waals surface area contributed by atoms with E-state index in [0.29, 0.717) is 0 Å². The normalized spacial score (nSPS) is 10.5. The number of fused-ring (bicyclic) bond motifs is 1. The van der Waals surface area contributed by atoms with Crippen LogP contribution in [0.2, 0.25) is 0 Å². The lowest BCUT2D eigenvalue weighted by atomic mass is 10.1. The number of aromatic nitrogens is 2. The van der Waals surface area contributed by atoms with Crippen LogP contribution < -0.4 is 0 Å². The van der Waals surface area contributed by atoms with Gasteiger partial charge in [0.15, 0.2) is 5.16 Å². The molecule has 19 heavy (non-hydrogen) atoms. The largest absolute Gasteiger partial charge is 0.333 e. The standard InChI is InChI=1S/C15H11N3S/c16-9-11-5-1-2-6-12(11)10-19-15-17-13-7-3-4-8-14(13)18-15/h1-8H,10H2,(H,17,18). The van der Waals surface area contributed by atoms with Crippen molar-refractivity contribution < 1.29 is 0 Å². The van der Waals surface area contributed by atoms with Crippen LogP contribution in [0.3, 0.4) is 0 Å². The number of H-pyrrole nitrogens is 1. The maximum atomic E-state index is 9.05. The molecule has 0 saturated heterocycles. The summed E-state index contributed by atoms with van der Waals surface area (Å²) < 4.78 is 0. The molecule has 0 unspecified atom stereocenters. The van der Waals surface area contributed by atoms with E-state index in [1.807, 2.05) is 48.5 Å². The Bertz CT molecular complexity index is 722. The maximum absolute atomic E-state index is 9.05. The summed E-state index contributed by atoms with van der Waals surface area (Å²) >= 11 is 1.61. The third-order valence-corrected chi connectivity index (χ3v) is 3.79. The van der Waals surface area contributed by atoms with Crippen LogP contribution >= 0.6 is 11.8 Å². The molecule has 2 aromatic carbocycles. The van der Waals surface area contributed by atoms with Crippen LogP contribution in [0.15, 0.2) is 53.7 Å². The van der Waals surface area contributed by atoms with Gasteiger partial charge >= 0.3 is 0 Å². The molecule has 4 heteroatoms. The Hall–Kier alpha value is -2.25. The number of hydrogen-bond donors (Lipinski definition) is 1. The van der Waals surface area contributed by atoms with Crippen LogP contribution in [-0.4, -0.2) is 9.97 Å². The first-order chi connectivity index (χ1) is 9.36. The first-order valence-corrected chi connectivity index (χ1v) is 6.91. The molecular weight excluding hydrogens is 254 g/mol. The summed E-state index contributed by atoms with van der Waals surface area (Å²) in [7, 11) is 0. The molecule has 0 fully saturated rings. The third kappa shape index (κ3) is 2.47. The molecule has 1 heterocycles. The predicted molar refractivity (Wildman–Crippen MR) is 76.8 cm³/mol. The fourth-order valence-corrected chi connectivity index (χ4v) is 2.79. The zero-order valence-electron chi connectivity index (χ0n) is 10.1. The molecule has 0 saturated carbocycles. The first-order valence-electron chi connectivity index (χ1n) is 5.92. The van der Waals surface area contributed by atoms with Crippen LogP contribution in [0.25, 0.3) is 11.0 Å². The summed E-state index contributed by atoms with van der Waals surface area (Å²) in [4.78, 5) is 7.78. The van der Waals surface area contributed by atoms with Crippen LogP contribution in [0.5, 0.6) is 0 Å². The molecule has 1 aromatic heterocycles. The predicted octanol–water partition coefficient (Wildman–Crippen LogP) is 3.73. The minimum absolute atomic E-state index is 0.728. The Morgan fingerprint density at radius 3 is 2.74 bits per heavy atom. The summed E-state index contributed by atoms with van der Waals surface area (Å²) in [5.41, 5.74) is 3.78. The van der Waals surface area contributed by atoms with Crippen LogP contribution in [-0.2, 0) is 5.75 Å². The summed E-state index contributed by atoms with van der Waals surface area (Å²) in [6.07, 6.45) is 0. The number of imidazole rings is 1. The van der Waals surface area contributed by atoms with Crippen LogP contribution in [0, 0.1) is 11.3 Å². The van der Waals surface area contributed by atoms with E-state index < -0.39 is 0 Å². The number of hydrogen-bond acceptors (Lipinski definition) is 3. The fraction of sp³-hybridized carbons (Fsp3) is 0.0667. The Kier molecular flexibility index (Phi) is 3.21. The Morgan fingerprint density at radius 2 is 1.89 bits per heavy atom. The summed E-state index contributed by atoms with van der Waals surface area (Å²) in [5, 5.41) is 9.93. The van der Waals surface area contributed by atoms with Crippen molar-refractivity contribution in [3.05, 3.63) is 59.7 Å². The molecule has 0 aliphatic carbocycles. The fourth-order valence-electron chi connectivity index (χ4n) is 1.90. The van der Waals surface area contributed by atoms with Crippen molar-refractivity contribution in [2.45, 2.75) is 10.9 Å². The average Bonchev–Trinajstić information content (AvgIpc) is 2.88. The minimum atomic E-state index is 0.728. The van der Waals surface area contributed by atoms with E-state index in [2.05, 4.69) is 16.0 Å². The van der Waals surface area contributed by atoms with Gasteiger partial charge in [-0.05, 0) is 23.8 Å². The van der Waals surface area contributed by atoms with Crippen molar-refractivity contribution in [2.75, 3.05) is 0 Å². The molecule has 0 radical (unpaired) electrons. The highest BCUT2D eigenvalue weighted by Crippen LogP contribution is 2.24. The van der Waals surface area contributed by atoms with E-state index in [0.717, 1.165) is 33.1 Å². The van der Waals surface area contributed by atoms with Crippen molar-refractivity contribution in [1.29, 1.82) is 5.26 Å². The van der Waals surface area contributed by atoms with Crippen molar-refractivity contribution in [3.63, 3.8) is 0 Å². The zero-order chi connectivity index (χ0) is 13.1. The van der Waals surface area contributed by atoms with E-state index in [-0.39, 0.29) is 0 Å². The van der Waals surface area contributed by atoms with Gasteiger partial charge in [0.1, 0.15) is 0 Å². The molecular formula is C15H11N3S. The first kappa shape index (κ1) is 11.8. The highest BCUT2D eigenvalue weighted by molar-refractivity contribution is 7.98. The second-order valence-electron chi connectivity index (χ2n) is 4.12. The number of nitrogens with zero attached hydrogens (tertiary/aromatic N) is 2. The average molecular weight is 265 g/mol. The monoisotopic (exact) mass is 265 g/mol. The van der Waals surface area contributed by atoms with E-state index in [1.54, 1.807) is 11.8 Å². The van der Waals surface area contributed by atoms with Crippen LogP contribution in [0.1, 0.15) is 11.1 Å².